The minimum absolute atomic E-state index is 0.136. The van der Waals surface area contributed by atoms with Gasteiger partial charge in [-0.2, -0.15) is 0 Å². The van der Waals surface area contributed by atoms with E-state index in [1.54, 1.807) is 0 Å². The second-order valence-electron chi connectivity index (χ2n) is 3.81. The maximum atomic E-state index is 12.7. The first-order valence-corrected chi connectivity index (χ1v) is 4.59. The van der Waals surface area contributed by atoms with Crippen LogP contribution >= 0.6 is 0 Å². The van der Waals surface area contributed by atoms with Gasteiger partial charge in [-0.1, -0.05) is 0 Å². The zero-order valence-corrected chi connectivity index (χ0v) is 7.94. The molecule has 0 saturated heterocycles. The van der Waals surface area contributed by atoms with Crippen LogP contribution in [0.25, 0.3) is 0 Å². The Balaban J connectivity index is 2.37. The Morgan fingerprint density at radius 3 is 2.38 bits per heavy atom. The average molecular weight is 191 g/mol. The minimum Gasteiger partial charge on any atom is -0.353 e. The number of halogens is 2. The molecule has 1 fully saturated rings. The van der Waals surface area contributed by atoms with Gasteiger partial charge in [-0.05, 0) is 26.2 Å². The Morgan fingerprint density at radius 1 is 1.54 bits per heavy atom. The first-order chi connectivity index (χ1) is 5.91. The highest BCUT2D eigenvalue weighted by atomic mass is 19.3. The molecule has 1 unspecified atom stereocenters. The Hall–Kier alpha value is -0.670. The van der Waals surface area contributed by atoms with E-state index in [1.165, 1.54) is 6.92 Å². The van der Waals surface area contributed by atoms with Crippen molar-refractivity contribution < 1.29 is 13.6 Å². The Bertz CT molecular complexity index is 196. The highest BCUT2D eigenvalue weighted by Crippen LogP contribution is 2.25. The summed E-state index contributed by atoms with van der Waals surface area (Å²) in [5, 5.41) is 2.60. The number of hydrogen-bond acceptors (Lipinski definition) is 1. The number of rotatable bonds is 3. The van der Waals surface area contributed by atoms with Crippen LogP contribution in [0.2, 0.25) is 0 Å². The van der Waals surface area contributed by atoms with Crippen molar-refractivity contribution in [1.29, 1.82) is 0 Å². The van der Waals surface area contributed by atoms with Crippen molar-refractivity contribution in [1.82, 2.24) is 5.32 Å². The third-order valence-electron chi connectivity index (χ3n) is 2.61. The van der Waals surface area contributed by atoms with Crippen LogP contribution in [0.4, 0.5) is 8.78 Å². The molecule has 0 aromatic heterocycles. The van der Waals surface area contributed by atoms with Crippen LogP contribution < -0.4 is 5.32 Å². The first-order valence-electron chi connectivity index (χ1n) is 4.59. The van der Waals surface area contributed by atoms with Gasteiger partial charge in [0.25, 0.3) is 5.92 Å². The molecule has 1 atom stereocenters. The Kier molecular flexibility index (Phi) is 2.88. The average Bonchev–Trinajstić information content (AvgIpc) is 1.93. The van der Waals surface area contributed by atoms with Crippen molar-refractivity contribution >= 4 is 5.91 Å². The quantitative estimate of drug-likeness (QED) is 0.725. The van der Waals surface area contributed by atoms with Crippen LogP contribution in [0.3, 0.4) is 0 Å². The topological polar surface area (TPSA) is 29.1 Å². The third-order valence-corrected chi connectivity index (χ3v) is 2.61. The van der Waals surface area contributed by atoms with E-state index in [1.807, 2.05) is 0 Å². The Morgan fingerprint density at radius 2 is 2.08 bits per heavy atom. The molecule has 4 heteroatoms. The molecule has 1 aliphatic rings. The van der Waals surface area contributed by atoms with E-state index in [2.05, 4.69) is 5.32 Å². The second kappa shape index (κ2) is 3.60. The van der Waals surface area contributed by atoms with Crippen molar-refractivity contribution in [3.05, 3.63) is 0 Å². The fourth-order valence-corrected chi connectivity index (χ4v) is 1.11. The van der Waals surface area contributed by atoms with Gasteiger partial charge in [0.15, 0.2) is 0 Å². The molecule has 1 saturated carbocycles. The Labute approximate surface area is 76.7 Å². The summed E-state index contributed by atoms with van der Waals surface area (Å²) in [5.74, 6) is -4.68. The molecule has 13 heavy (non-hydrogen) atoms. The minimum atomic E-state index is -2.92. The number of hydrogen-bond donors (Lipinski definition) is 1. The lowest BCUT2D eigenvalue weighted by molar-refractivity contribution is -0.137. The second-order valence-corrected chi connectivity index (χ2v) is 3.81. The lowest BCUT2D eigenvalue weighted by Crippen LogP contribution is -2.45. The van der Waals surface area contributed by atoms with Crippen LogP contribution in [0.5, 0.6) is 0 Å². The van der Waals surface area contributed by atoms with Gasteiger partial charge in [0.05, 0.1) is 5.92 Å². The number of amides is 1. The summed E-state index contributed by atoms with van der Waals surface area (Å²) in [7, 11) is 0. The van der Waals surface area contributed by atoms with E-state index >= 15 is 0 Å². The van der Waals surface area contributed by atoms with E-state index < -0.39 is 17.7 Å². The standard InChI is InChI=1S/C9H15F2NO/c1-6(9(2,10)11)8(13)12-7-4-3-5-7/h6-7H,3-5H2,1-2H3,(H,12,13). The summed E-state index contributed by atoms with van der Waals surface area (Å²) >= 11 is 0. The van der Waals surface area contributed by atoms with Crippen molar-refractivity contribution in [3.8, 4) is 0 Å². The lowest BCUT2D eigenvalue weighted by Gasteiger charge is -2.29. The van der Waals surface area contributed by atoms with Crippen LogP contribution in [0.1, 0.15) is 33.1 Å². The molecule has 0 spiro atoms. The SMILES string of the molecule is CC(C(=O)NC1CCC1)C(C)(F)F. The summed E-state index contributed by atoms with van der Waals surface area (Å²) < 4.78 is 25.4. The smallest absolute Gasteiger partial charge is 0.256 e. The van der Waals surface area contributed by atoms with E-state index in [-0.39, 0.29) is 6.04 Å². The molecule has 1 aliphatic carbocycles. The number of carbonyl (C=O) groups is 1. The van der Waals surface area contributed by atoms with Gasteiger partial charge in [0.2, 0.25) is 5.91 Å². The molecular weight excluding hydrogens is 176 g/mol. The predicted octanol–water partition coefficient (Wildman–Crippen LogP) is 1.95. The maximum Gasteiger partial charge on any atom is 0.256 e. The van der Waals surface area contributed by atoms with Gasteiger partial charge < -0.3 is 5.32 Å². The van der Waals surface area contributed by atoms with Crippen LogP contribution in [0, 0.1) is 5.92 Å². The summed E-state index contributed by atoms with van der Waals surface area (Å²) in [4.78, 5) is 11.2. The summed E-state index contributed by atoms with van der Waals surface area (Å²) in [6, 6.07) is 0.136. The molecule has 1 amide bonds. The van der Waals surface area contributed by atoms with Gasteiger partial charge in [-0.25, -0.2) is 8.78 Å². The summed E-state index contributed by atoms with van der Waals surface area (Å²) in [6.45, 7) is 2.03. The van der Waals surface area contributed by atoms with Gasteiger partial charge in [-0.3, -0.25) is 4.79 Å². The summed E-state index contributed by atoms with van der Waals surface area (Å²) in [6.07, 6.45) is 2.93. The number of nitrogens with one attached hydrogen (secondary N) is 1. The molecule has 0 radical (unpaired) electrons. The molecule has 0 aliphatic heterocycles. The molecule has 0 bridgehead atoms. The van der Waals surface area contributed by atoms with Gasteiger partial charge >= 0.3 is 0 Å². The van der Waals surface area contributed by atoms with Gasteiger partial charge in [0.1, 0.15) is 0 Å². The highest BCUT2D eigenvalue weighted by Gasteiger charge is 2.36. The van der Waals surface area contributed by atoms with Crippen LogP contribution in [-0.4, -0.2) is 17.9 Å². The van der Waals surface area contributed by atoms with Crippen LogP contribution in [-0.2, 0) is 4.79 Å². The van der Waals surface area contributed by atoms with Gasteiger partial charge in [-0.15, -0.1) is 0 Å². The molecular formula is C9H15F2NO. The van der Waals surface area contributed by atoms with E-state index in [9.17, 15) is 13.6 Å². The van der Waals surface area contributed by atoms with Crippen molar-refractivity contribution in [2.24, 2.45) is 5.92 Å². The third kappa shape index (κ3) is 2.64. The molecule has 76 valence electrons. The zero-order valence-electron chi connectivity index (χ0n) is 7.94. The fourth-order valence-electron chi connectivity index (χ4n) is 1.11. The van der Waals surface area contributed by atoms with Crippen molar-refractivity contribution in [2.45, 2.75) is 45.1 Å². The van der Waals surface area contributed by atoms with E-state index in [0.717, 1.165) is 26.2 Å². The fraction of sp³-hybridized carbons (Fsp3) is 0.889. The maximum absolute atomic E-state index is 12.7. The highest BCUT2D eigenvalue weighted by molar-refractivity contribution is 5.79. The molecule has 2 nitrogen and oxygen atoms in total. The van der Waals surface area contributed by atoms with E-state index in [0.29, 0.717) is 0 Å². The summed E-state index contributed by atoms with van der Waals surface area (Å²) in [5.41, 5.74) is 0. The molecule has 0 aromatic carbocycles. The van der Waals surface area contributed by atoms with Crippen molar-refractivity contribution in [2.75, 3.05) is 0 Å². The van der Waals surface area contributed by atoms with Crippen LogP contribution in [0.15, 0.2) is 0 Å². The molecule has 0 heterocycles. The predicted molar refractivity (Wildman–Crippen MR) is 45.6 cm³/mol. The normalized spacial score (nSPS) is 20.6. The van der Waals surface area contributed by atoms with Gasteiger partial charge in [0, 0.05) is 13.0 Å². The van der Waals surface area contributed by atoms with E-state index in [4.69, 9.17) is 0 Å². The molecule has 0 aromatic rings. The first kappa shape index (κ1) is 10.4. The van der Waals surface area contributed by atoms with Crippen molar-refractivity contribution in [3.63, 3.8) is 0 Å². The zero-order chi connectivity index (χ0) is 10.1. The largest absolute Gasteiger partial charge is 0.353 e. The molecule has 1 N–H and O–H groups in total. The monoisotopic (exact) mass is 191 g/mol. The number of alkyl halides is 2. The lowest BCUT2D eigenvalue weighted by atomic mass is 9.92. The molecule has 1 rings (SSSR count). The number of carbonyl (C=O) groups excluding carboxylic acids is 1.